The van der Waals surface area contributed by atoms with Gasteiger partial charge in [-0.05, 0) is 36.6 Å². The quantitative estimate of drug-likeness (QED) is 0.621. The molecule has 1 amide bonds. The van der Waals surface area contributed by atoms with Crippen molar-refractivity contribution < 1.29 is 23.5 Å². The van der Waals surface area contributed by atoms with Crippen molar-refractivity contribution in [2.45, 2.75) is 31.6 Å². The molecule has 0 saturated carbocycles. The van der Waals surface area contributed by atoms with Crippen LogP contribution in [0.4, 0.5) is 4.39 Å². The van der Waals surface area contributed by atoms with Gasteiger partial charge >= 0.3 is 5.97 Å². The number of esters is 1. The number of amides is 1. The van der Waals surface area contributed by atoms with Crippen molar-refractivity contribution >= 4 is 17.7 Å². The van der Waals surface area contributed by atoms with E-state index in [1.807, 2.05) is 30.3 Å². The van der Waals surface area contributed by atoms with Crippen LogP contribution in [0, 0.1) is 11.7 Å². The van der Waals surface area contributed by atoms with Crippen LogP contribution in [0.15, 0.2) is 65.9 Å². The maximum Gasteiger partial charge on any atom is 0.317 e. The Morgan fingerprint density at radius 1 is 1.03 bits per heavy atom. The highest BCUT2D eigenvalue weighted by Gasteiger charge is 2.47. The fraction of sp³-hybridized carbons (Fsp3) is 0.292. The van der Waals surface area contributed by atoms with E-state index in [0.717, 1.165) is 5.56 Å². The second-order valence-electron chi connectivity index (χ2n) is 7.56. The molecule has 1 aliphatic heterocycles. The highest BCUT2D eigenvalue weighted by atomic mass is 19.1. The van der Waals surface area contributed by atoms with E-state index in [4.69, 9.17) is 4.74 Å². The summed E-state index contributed by atoms with van der Waals surface area (Å²) in [4.78, 5) is 38.9. The zero-order valence-electron chi connectivity index (χ0n) is 16.6. The van der Waals surface area contributed by atoms with Crippen LogP contribution in [0.2, 0.25) is 0 Å². The highest BCUT2D eigenvalue weighted by Crippen LogP contribution is 2.45. The van der Waals surface area contributed by atoms with Crippen molar-refractivity contribution in [3.05, 3.63) is 82.8 Å². The summed E-state index contributed by atoms with van der Waals surface area (Å²) in [6.45, 7) is 1.88. The molecule has 0 fully saturated rings. The largest absolute Gasteiger partial charge is 0.465 e. The first-order valence-corrected chi connectivity index (χ1v) is 10.0. The van der Waals surface area contributed by atoms with Crippen molar-refractivity contribution in [1.82, 2.24) is 5.32 Å². The van der Waals surface area contributed by atoms with Gasteiger partial charge in [-0.1, -0.05) is 42.5 Å². The molecule has 4 rings (SSSR count). The lowest BCUT2D eigenvalue weighted by atomic mass is 9.68. The first-order valence-electron chi connectivity index (χ1n) is 10.0. The summed E-state index contributed by atoms with van der Waals surface area (Å²) in [6.07, 6.45) is 0.416. The molecule has 0 radical (unpaired) electrons. The van der Waals surface area contributed by atoms with E-state index in [0.29, 0.717) is 23.3 Å². The Bertz CT molecular complexity index is 1010. The Kier molecular flexibility index (Phi) is 5.48. The summed E-state index contributed by atoms with van der Waals surface area (Å²) < 4.78 is 18.7. The number of rotatable bonds is 4. The van der Waals surface area contributed by atoms with Crippen molar-refractivity contribution in [3.63, 3.8) is 0 Å². The van der Waals surface area contributed by atoms with Crippen molar-refractivity contribution in [2.75, 3.05) is 6.61 Å². The van der Waals surface area contributed by atoms with Crippen molar-refractivity contribution in [3.8, 4) is 0 Å². The summed E-state index contributed by atoms with van der Waals surface area (Å²) >= 11 is 0. The molecular weight excluding hydrogens is 385 g/mol. The summed E-state index contributed by atoms with van der Waals surface area (Å²) in [6, 6.07) is 15.1. The molecule has 154 valence electrons. The van der Waals surface area contributed by atoms with Gasteiger partial charge in [0, 0.05) is 29.5 Å². The normalized spacial score (nSPS) is 23.6. The van der Waals surface area contributed by atoms with E-state index in [9.17, 15) is 18.8 Å². The zero-order valence-corrected chi connectivity index (χ0v) is 16.6. The average Bonchev–Trinajstić information content (AvgIpc) is 2.74. The van der Waals surface area contributed by atoms with Gasteiger partial charge in [0.25, 0.3) is 0 Å². The molecule has 1 N–H and O–H groups in total. The number of nitrogens with one attached hydrogen (secondary N) is 1. The molecule has 30 heavy (non-hydrogen) atoms. The van der Waals surface area contributed by atoms with Gasteiger partial charge in [-0.3, -0.25) is 14.4 Å². The van der Waals surface area contributed by atoms with Crippen LogP contribution >= 0.6 is 0 Å². The van der Waals surface area contributed by atoms with E-state index < -0.39 is 29.5 Å². The van der Waals surface area contributed by atoms with Crippen LogP contribution < -0.4 is 5.32 Å². The van der Waals surface area contributed by atoms with Crippen molar-refractivity contribution in [2.24, 2.45) is 5.92 Å². The number of carbonyl (C=O) groups is 3. The predicted octanol–water partition coefficient (Wildman–Crippen LogP) is 3.62. The first kappa shape index (κ1) is 20.0. The minimum atomic E-state index is -0.982. The summed E-state index contributed by atoms with van der Waals surface area (Å²) in [5.41, 5.74) is 2.48. The molecule has 2 aromatic rings. The number of halogens is 1. The van der Waals surface area contributed by atoms with Gasteiger partial charge in [0.2, 0.25) is 5.91 Å². The molecule has 3 atom stereocenters. The lowest BCUT2D eigenvalue weighted by molar-refractivity contribution is -0.152. The van der Waals surface area contributed by atoms with Crippen LogP contribution in [0.1, 0.15) is 42.7 Å². The Labute approximate surface area is 173 Å². The molecular formula is C24H22FNO4. The minimum Gasteiger partial charge on any atom is -0.465 e. The fourth-order valence-electron chi connectivity index (χ4n) is 4.45. The Hall–Kier alpha value is -3.28. The lowest BCUT2D eigenvalue weighted by Gasteiger charge is -2.38. The van der Waals surface area contributed by atoms with E-state index in [1.165, 1.54) is 12.1 Å². The van der Waals surface area contributed by atoms with E-state index in [2.05, 4.69) is 5.32 Å². The molecule has 0 unspecified atom stereocenters. The van der Waals surface area contributed by atoms with Gasteiger partial charge in [0.1, 0.15) is 11.7 Å². The standard InChI is InChI=1S/C24H22FNO4/c1-2-30-24(29)22-17(14-6-4-3-5-7-14)12-19-21(23(22)28)18(13-20(27)26-19)15-8-10-16(25)11-9-15/h3-11,17-18,22H,2,12-13H2,1H3,(H,26,27)/t17-,18+,22-/m0/s1. The van der Waals surface area contributed by atoms with Gasteiger partial charge < -0.3 is 10.1 Å². The molecule has 0 aromatic heterocycles. The van der Waals surface area contributed by atoms with E-state index >= 15 is 0 Å². The molecule has 0 spiro atoms. The van der Waals surface area contributed by atoms with Crippen LogP contribution in [-0.2, 0) is 19.1 Å². The summed E-state index contributed by atoms with van der Waals surface area (Å²) in [7, 11) is 0. The van der Waals surface area contributed by atoms with Crippen molar-refractivity contribution in [1.29, 1.82) is 0 Å². The third-order valence-electron chi connectivity index (χ3n) is 5.77. The fourth-order valence-corrected chi connectivity index (χ4v) is 4.45. The first-order chi connectivity index (χ1) is 14.5. The third kappa shape index (κ3) is 3.65. The third-order valence-corrected chi connectivity index (χ3v) is 5.77. The van der Waals surface area contributed by atoms with Gasteiger partial charge in [0.05, 0.1) is 6.61 Å². The molecule has 2 aromatic carbocycles. The van der Waals surface area contributed by atoms with E-state index in [1.54, 1.807) is 19.1 Å². The summed E-state index contributed by atoms with van der Waals surface area (Å²) in [5.74, 6) is -3.41. The number of Topliss-reactive ketones (excluding diaryl/α,β-unsaturated/α-hetero) is 1. The lowest BCUT2D eigenvalue weighted by Crippen LogP contribution is -2.44. The molecule has 0 bridgehead atoms. The number of allylic oxidation sites excluding steroid dienone is 2. The predicted molar refractivity (Wildman–Crippen MR) is 108 cm³/mol. The second kappa shape index (κ2) is 8.22. The Morgan fingerprint density at radius 3 is 2.40 bits per heavy atom. The smallest absolute Gasteiger partial charge is 0.317 e. The van der Waals surface area contributed by atoms with Gasteiger partial charge in [-0.15, -0.1) is 0 Å². The number of ketones is 1. The number of ether oxygens (including phenoxy) is 1. The Balaban J connectivity index is 1.81. The molecule has 5 nitrogen and oxygen atoms in total. The number of benzene rings is 2. The van der Waals surface area contributed by atoms with Gasteiger partial charge in [-0.25, -0.2) is 4.39 Å². The maximum absolute atomic E-state index is 13.6. The number of carbonyl (C=O) groups excluding carboxylic acids is 3. The Morgan fingerprint density at radius 2 is 1.73 bits per heavy atom. The number of hydrogen-bond donors (Lipinski definition) is 1. The van der Waals surface area contributed by atoms with Crippen LogP contribution in [-0.4, -0.2) is 24.3 Å². The molecule has 1 heterocycles. The van der Waals surface area contributed by atoms with Crippen LogP contribution in [0.5, 0.6) is 0 Å². The van der Waals surface area contributed by atoms with Crippen LogP contribution in [0.3, 0.4) is 0 Å². The SMILES string of the molecule is CCOC(=O)[C@@H]1C(=O)C2=C(C[C@H]1c1ccccc1)NC(=O)C[C@@H]2c1ccc(F)cc1. The average molecular weight is 407 g/mol. The minimum absolute atomic E-state index is 0.0712. The van der Waals surface area contributed by atoms with E-state index in [-0.39, 0.29) is 24.7 Å². The topological polar surface area (TPSA) is 72.5 Å². The summed E-state index contributed by atoms with van der Waals surface area (Å²) in [5, 5.41) is 2.84. The second-order valence-corrected chi connectivity index (χ2v) is 7.56. The molecule has 1 aliphatic carbocycles. The molecule has 0 saturated heterocycles. The molecule has 2 aliphatic rings. The highest BCUT2D eigenvalue weighted by molar-refractivity contribution is 6.12. The number of hydrogen-bond acceptors (Lipinski definition) is 4. The van der Waals surface area contributed by atoms with Gasteiger partial charge in [-0.2, -0.15) is 0 Å². The zero-order chi connectivity index (χ0) is 21.3. The molecule has 6 heteroatoms. The van der Waals surface area contributed by atoms with Gasteiger partial charge in [0.15, 0.2) is 5.78 Å². The monoisotopic (exact) mass is 407 g/mol. The maximum atomic E-state index is 13.6. The van der Waals surface area contributed by atoms with Crippen LogP contribution in [0.25, 0.3) is 0 Å².